The molecule has 0 spiro atoms. The zero-order valence-electron chi connectivity index (χ0n) is 13.3. The van der Waals surface area contributed by atoms with E-state index < -0.39 is 5.60 Å². The van der Waals surface area contributed by atoms with E-state index in [0.717, 1.165) is 11.1 Å². The number of aryl methyl sites for hydroxylation is 2. The van der Waals surface area contributed by atoms with Crippen molar-refractivity contribution in [1.82, 2.24) is 14.9 Å². The lowest BCUT2D eigenvalue weighted by atomic mass is 9.89. The van der Waals surface area contributed by atoms with Crippen LogP contribution >= 0.6 is 0 Å². The number of aromatic nitrogens is 2. The molecule has 1 atom stereocenters. The molecule has 1 amide bonds. The summed E-state index contributed by atoms with van der Waals surface area (Å²) in [5.74, 6) is -0.0242. The molecule has 2 aromatic rings. The number of amides is 1. The Kier molecular flexibility index (Phi) is 3.77. The summed E-state index contributed by atoms with van der Waals surface area (Å²) in [4.78, 5) is 22.3. The van der Waals surface area contributed by atoms with Crippen LogP contribution in [0.2, 0.25) is 0 Å². The smallest absolute Gasteiger partial charge is 0.257 e. The minimum absolute atomic E-state index is 0.150. The molecule has 6 heteroatoms. The van der Waals surface area contributed by atoms with E-state index in [-0.39, 0.29) is 18.4 Å². The fraction of sp³-hybridized carbons (Fsp3) is 0.353. The number of aliphatic hydroxyl groups is 1. The molecule has 23 heavy (non-hydrogen) atoms. The molecule has 1 aromatic heterocycles. The van der Waals surface area contributed by atoms with Gasteiger partial charge >= 0.3 is 0 Å². The molecule has 1 saturated heterocycles. The molecule has 3 N–H and O–H groups in total. The van der Waals surface area contributed by atoms with Gasteiger partial charge in [-0.2, -0.15) is 0 Å². The lowest BCUT2D eigenvalue weighted by molar-refractivity contribution is 0.0412. The van der Waals surface area contributed by atoms with E-state index in [1.54, 1.807) is 11.8 Å². The van der Waals surface area contributed by atoms with Crippen LogP contribution in [0.25, 0.3) is 0 Å². The number of rotatable bonds is 2. The summed E-state index contributed by atoms with van der Waals surface area (Å²) in [5, 5.41) is 11.0. The van der Waals surface area contributed by atoms with E-state index in [9.17, 15) is 9.90 Å². The van der Waals surface area contributed by atoms with E-state index in [2.05, 4.69) is 9.97 Å². The molecule has 0 radical (unpaired) electrons. The number of hydrogen-bond acceptors (Lipinski definition) is 5. The quantitative estimate of drug-likeness (QED) is 0.874. The molecular formula is C17H20N4O2. The van der Waals surface area contributed by atoms with Gasteiger partial charge in [0.05, 0.1) is 17.8 Å². The monoisotopic (exact) mass is 312 g/mol. The molecule has 3 rings (SSSR count). The van der Waals surface area contributed by atoms with Crippen LogP contribution in [0.15, 0.2) is 30.5 Å². The number of anilines is 1. The molecule has 1 fully saturated rings. The maximum absolute atomic E-state index is 12.7. The van der Waals surface area contributed by atoms with Crippen molar-refractivity contribution in [2.75, 3.05) is 18.8 Å². The second kappa shape index (κ2) is 5.62. The van der Waals surface area contributed by atoms with Gasteiger partial charge in [-0.1, -0.05) is 24.3 Å². The number of carbonyl (C=O) groups excluding carboxylic acids is 1. The molecule has 2 heterocycles. The standard InChI is InChI=1S/C17H20N4O2/c1-11-5-3-4-6-14(11)17(23)7-8-21(10-17)15(22)13-9-19-16(18)20-12(13)2/h3-6,9,23H,7-8,10H2,1-2H3,(H2,18,19,20)/t17-/m0/s1. The zero-order valence-corrected chi connectivity index (χ0v) is 13.3. The Balaban J connectivity index is 1.85. The number of carbonyl (C=O) groups is 1. The first kappa shape index (κ1) is 15.4. The number of nitrogens with zero attached hydrogens (tertiary/aromatic N) is 3. The Bertz CT molecular complexity index is 762. The van der Waals surface area contributed by atoms with Crippen molar-refractivity contribution in [3.63, 3.8) is 0 Å². The molecule has 0 unspecified atom stereocenters. The van der Waals surface area contributed by atoms with E-state index >= 15 is 0 Å². The number of likely N-dealkylation sites (tertiary alicyclic amines) is 1. The van der Waals surface area contributed by atoms with Crippen molar-refractivity contribution in [3.05, 3.63) is 52.8 Å². The molecule has 6 nitrogen and oxygen atoms in total. The predicted molar refractivity (Wildman–Crippen MR) is 86.8 cm³/mol. The molecular weight excluding hydrogens is 292 g/mol. The molecule has 1 aliphatic heterocycles. The lowest BCUT2D eigenvalue weighted by Gasteiger charge is -2.25. The second-order valence-electron chi connectivity index (χ2n) is 6.05. The molecule has 0 aliphatic carbocycles. The summed E-state index contributed by atoms with van der Waals surface area (Å²) >= 11 is 0. The Morgan fingerprint density at radius 1 is 1.35 bits per heavy atom. The first-order valence-electron chi connectivity index (χ1n) is 7.57. The van der Waals surface area contributed by atoms with Crippen LogP contribution in [-0.2, 0) is 5.60 Å². The van der Waals surface area contributed by atoms with Crippen LogP contribution in [0.5, 0.6) is 0 Å². The van der Waals surface area contributed by atoms with Gasteiger partial charge in [-0.3, -0.25) is 4.79 Å². The topological polar surface area (TPSA) is 92.3 Å². The summed E-state index contributed by atoms with van der Waals surface area (Å²) in [5.41, 5.74) is 7.39. The van der Waals surface area contributed by atoms with Crippen molar-refractivity contribution in [3.8, 4) is 0 Å². The summed E-state index contributed by atoms with van der Waals surface area (Å²) in [6.07, 6.45) is 1.96. The van der Waals surface area contributed by atoms with Gasteiger partial charge in [0.2, 0.25) is 5.95 Å². The highest BCUT2D eigenvalue weighted by molar-refractivity contribution is 5.95. The van der Waals surface area contributed by atoms with Gasteiger partial charge in [0.1, 0.15) is 5.60 Å². The van der Waals surface area contributed by atoms with Crippen LogP contribution in [0.1, 0.15) is 33.6 Å². The Labute approximate surface area is 135 Å². The summed E-state index contributed by atoms with van der Waals surface area (Å²) in [6.45, 7) is 4.46. The Hall–Kier alpha value is -2.47. The Morgan fingerprint density at radius 2 is 2.09 bits per heavy atom. The van der Waals surface area contributed by atoms with Crippen LogP contribution in [0.3, 0.4) is 0 Å². The van der Waals surface area contributed by atoms with Crippen molar-refractivity contribution < 1.29 is 9.90 Å². The molecule has 0 saturated carbocycles. The molecule has 1 aliphatic rings. The van der Waals surface area contributed by atoms with E-state index in [1.807, 2.05) is 31.2 Å². The highest BCUT2D eigenvalue weighted by Gasteiger charge is 2.40. The number of nitrogens with two attached hydrogens (primary N) is 1. The molecule has 0 bridgehead atoms. The second-order valence-corrected chi connectivity index (χ2v) is 6.05. The number of hydrogen-bond donors (Lipinski definition) is 2. The largest absolute Gasteiger partial charge is 0.383 e. The predicted octanol–water partition coefficient (Wildman–Crippen LogP) is 1.41. The first-order chi connectivity index (χ1) is 10.9. The van der Waals surface area contributed by atoms with Gasteiger partial charge in [-0.05, 0) is 31.4 Å². The van der Waals surface area contributed by atoms with E-state index in [4.69, 9.17) is 5.73 Å². The number of β-amino-alcohol motifs (C(OH)–C–C–N with tert-alkyl or cyclic N) is 1. The van der Waals surface area contributed by atoms with Crippen LogP contribution < -0.4 is 5.73 Å². The maximum Gasteiger partial charge on any atom is 0.257 e. The first-order valence-corrected chi connectivity index (χ1v) is 7.57. The molecule has 120 valence electrons. The summed E-state index contributed by atoms with van der Waals surface area (Å²) < 4.78 is 0. The van der Waals surface area contributed by atoms with Crippen LogP contribution in [0.4, 0.5) is 5.95 Å². The minimum Gasteiger partial charge on any atom is -0.383 e. The summed E-state index contributed by atoms with van der Waals surface area (Å²) in [7, 11) is 0. The average Bonchev–Trinajstić information content (AvgIpc) is 2.90. The van der Waals surface area contributed by atoms with Crippen molar-refractivity contribution in [1.29, 1.82) is 0 Å². The van der Waals surface area contributed by atoms with Gasteiger partial charge < -0.3 is 15.7 Å². The third-order valence-corrected chi connectivity index (χ3v) is 4.41. The lowest BCUT2D eigenvalue weighted by Crippen LogP contribution is -2.35. The van der Waals surface area contributed by atoms with Gasteiger partial charge in [0.25, 0.3) is 5.91 Å². The van der Waals surface area contributed by atoms with Crippen LogP contribution in [0, 0.1) is 13.8 Å². The van der Waals surface area contributed by atoms with Crippen molar-refractivity contribution in [2.24, 2.45) is 0 Å². The van der Waals surface area contributed by atoms with Gasteiger partial charge in [-0.25, -0.2) is 9.97 Å². The maximum atomic E-state index is 12.7. The van der Waals surface area contributed by atoms with Crippen molar-refractivity contribution >= 4 is 11.9 Å². The summed E-state index contributed by atoms with van der Waals surface area (Å²) in [6, 6.07) is 7.73. The van der Waals surface area contributed by atoms with Gasteiger partial charge in [0.15, 0.2) is 0 Å². The molecule has 1 aromatic carbocycles. The fourth-order valence-corrected chi connectivity index (χ4v) is 3.15. The van der Waals surface area contributed by atoms with Crippen molar-refractivity contribution in [2.45, 2.75) is 25.9 Å². The normalized spacial score (nSPS) is 20.7. The highest BCUT2D eigenvalue weighted by atomic mass is 16.3. The van der Waals surface area contributed by atoms with Crippen LogP contribution in [-0.4, -0.2) is 39.0 Å². The highest BCUT2D eigenvalue weighted by Crippen LogP contribution is 2.34. The van der Waals surface area contributed by atoms with E-state index in [1.165, 1.54) is 6.20 Å². The Morgan fingerprint density at radius 3 is 2.78 bits per heavy atom. The zero-order chi connectivity index (χ0) is 16.6. The fourth-order valence-electron chi connectivity index (χ4n) is 3.15. The average molecular weight is 312 g/mol. The number of benzene rings is 1. The van der Waals surface area contributed by atoms with E-state index in [0.29, 0.717) is 24.2 Å². The van der Waals surface area contributed by atoms with Gasteiger partial charge in [0, 0.05) is 12.7 Å². The third-order valence-electron chi connectivity index (χ3n) is 4.41. The SMILES string of the molecule is Cc1ccccc1[C@]1(O)CCN(C(=O)c2cnc(N)nc2C)C1. The third kappa shape index (κ3) is 2.77. The van der Waals surface area contributed by atoms with Gasteiger partial charge in [-0.15, -0.1) is 0 Å². The number of nitrogen functional groups attached to an aromatic ring is 1. The minimum atomic E-state index is -1.01.